The van der Waals surface area contributed by atoms with Crippen LogP contribution < -0.4 is 0 Å². The van der Waals surface area contributed by atoms with Crippen LogP contribution in [0, 0.1) is 70.9 Å². The SMILES string of the molecule is [C-]#[N+]C([N+]#[C-])=C1/C(=C/C=C/c2sc3c(sc4c5c6nsnc6c6c7sc8c(CCCCCCCCCCC)c(/C=C/C=C9\C(=O)c%10cc(F)c(F)cc%10C9=C(C#N)C#N)sc8c7n(CC(CCCCCCCCCC)CCCCCCCCCCCC)c6c5n(CC(CCCCCCCCCC)CCCCCCCCCCCC)c34)c2CCCCCCCCCCC)C(=O)c2cc(F)c(F)cc21. The van der Waals surface area contributed by atoms with Crippen LogP contribution in [-0.2, 0) is 25.9 Å². The zero-order chi connectivity index (χ0) is 96.6. The minimum Gasteiger partial charge on any atom is -0.337 e. The van der Waals surface area contributed by atoms with Gasteiger partial charge in [0.15, 0.2) is 34.8 Å². The van der Waals surface area contributed by atoms with Crippen LogP contribution >= 0.6 is 57.1 Å². The van der Waals surface area contributed by atoms with E-state index in [-0.39, 0.29) is 55.9 Å². The van der Waals surface area contributed by atoms with Crippen molar-refractivity contribution in [2.45, 2.75) is 440 Å². The van der Waals surface area contributed by atoms with E-state index in [4.69, 9.17) is 21.9 Å². The first-order valence-electron chi connectivity index (χ1n) is 54.2. The third kappa shape index (κ3) is 28.2. The topological polar surface area (TPSA) is 126 Å². The number of ketones is 2. The molecule has 137 heavy (non-hydrogen) atoms. The first-order valence-corrected chi connectivity index (χ1v) is 58.2. The molecule has 0 radical (unpaired) electrons. The quantitative estimate of drug-likeness (QED) is 0.0123. The van der Waals surface area contributed by atoms with E-state index in [1.54, 1.807) is 12.2 Å². The predicted octanol–water partition coefficient (Wildman–Crippen LogP) is 40.1. The van der Waals surface area contributed by atoms with Gasteiger partial charge in [0.1, 0.15) is 41.9 Å². The van der Waals surface area contributed by atoms with Crippen LogP contribution in [0.5, 0.6) is 0 Å². The summed E-state index contributed by atoms with van der Waals surface area (Å²) in [7, 11) is 0. The molecule has 2 atom stereocenters. The molecule has 7 aromatic heterocycles. The van der Waals surface area contributed by atoms with Gasteiger partial charge in [-0.3, -0.25) is 9.59 Å². The third-order valence-electron chi connectivity index (χ3n) is 29.4. The monoisotopic (exact) mass is 1950 g/mol. The van der Waals surface area contributed by atoms with Crippen molar-refractivity contribution in [2.75, 3.05) is 0 Å². The van der Waals surface area contributed by atoms with Crippen LogP contribution in [0.2, 0.25) is 0 Å². The normalized spacial score (nSPS) is 14.0. The van der Waals surface area contributed by atoms with Gasteiger partial charge in [0, 0.05) is 61.5 Å². The number of hydrogen-bond donors (Lipinski definition) is 0. The summed E-state index contributed by atoms with van der Waals surface area (Å²) in [6.45, 7) is 31.6. The number of unbranched alkanes of at least 4 members (excludes halogenated alkanes) is 48. The number of benzene rings is 3. The molecule has 3 aromatic carbocycles. The Morgan fingerprint density at radius 1 is 0.365 bits per heavy atom. The van der Waals surface area contributed by atoms with E-state index >= 15 is 17.6 Å². The van der Waals surface area contributed by atoms with Gasteiger partial charge in [-0.25, -0.2) is 17.6 Å². The highest BCUT2D eigenvalue weighted by Gasteiger charge is 2.39. The summed E-state index contributed by atoms with van der Waals surface area (Å²) in [4.78, 5) is 38.4. The number of Topliss-reactive ketones (excluding diaryl/α,β-unsaturated/α-hetero) is 2. The second-order valence-electron chi connectivity index (χ2n) is 39.8. The summed E-state index contributed by atoms with van der Waals surface area (Å²) in [5.74, 6) is -5.43. The minimum atomic E-state index is -1.17. The van der Waals surface area contributed by atoms with Crippen LogP contribution in [0.3, 0.4) is 0 Å². The van der Waals surface area contributed by atoms with Gasteiger partial charge >= 0.3 is 5.82 Å². The van der Waals surface area contributed by atoms with Gasteiger partial charge < -0.3 is 9.13 Å². The van der Waals surface area contributed by atoms with E-state index in [0.29, 0.717) is 11.8 Å². The fourth-order valence-corrected chi connectivity index (χ4v) is 28.1. The standard InChI is InChI=1S/C118H154F4N8O2S5/c1-9-15-21-27-33-39-43-47-53-59-67-83(65-57-51-45-37-31-25-19-13-5)81-129-106-102(114-108(129)116-112(135-114)86(69-61-55-49-41-35-29-23-17-11-3)98(133-116)73-63-71-88-100(85(79-123)80-124)90-75-94(119)96(121)77-92(90)110(88)131)104-105(128-137-127-104)103-107(106)130(82-84(66-58-52-46-38-32-26-20-14-6)68-60-54-48-44-40-34-28-22-16-10-2)109-115(103)136-113-87(70-62-56-50-42-36-30-24-18-12-4)99(134-117(109)113)74-64-72-89-101(118(125-7)126-8)91-76-95(120)97(122)78-93(91)111(89)132/h63-64,71-78,83-84H,9-62,65-70,81-82H2,1-6H3/b73-63+,74-64+,88-71-,89-72-. The number of aryl methyl sites for hydroxylation is 2. The second kappa shape index (κ2) is 57.7. The lowest BCUT2D eigenvalue weighted by Crippen LogP contribution is -2.14. The molecule has 0 saturated carbocycles. The van der Waals surface area contributed by atoms with Crippen LogP contribution in [0.1, 0.15) is 467 Å². The summed E-state index contributed by atoms with van der Waals surface area (Å²) in [5, 5.41) is 23.2. The molecule has 0 saturated heterocycles. The molecule has 2 aliphatic carbocycles. The molecule has 19 heteroatoms. The Morgan fingerprint density at radius 3 is 0.942 bits per heavy atom. The zero-order valence-corrected chi connectivity index (χ0v) is 87.8. The molecule has 0 bridgehead atoms. The van der Waals surface area contributed by atoms with E-state index in [2.05, 4.69) is 72.5 Å². The number of halogens is 4. The van der Waals surface area contributed by atoms with Crippen molar-refractivity contribution in [1.29, 1.82) is 10.5 Å². The number of hydrogen-bond acceptors (Lipinski definition) is 11. The Morgan fingerprint density at radius 2 is 0.642 bits per heavy atom. The number of thiophene rings is 4. The molecule has 2 aliphatic rings. The molecule has 736 valence electrons. The van der Waals surface area contributed by atoms with Gasteiger partial charge in [0.25, 0.3) is 0 Å². The maximum atomic E-state index is 15.3. The van der Waals surface area contributed by atoms with Crippen molar-refractivity contribution in [3.63, 3.8) is 0 Å². The molecule has 0 N–H and O–H groups in total. The van der Waals surface area contributed by atoms with Crippen molar-refractivity contribution in [2.24, 2.45) is 11.8 Å². The zero-order valence-electron chi connectivity index (χ0n) is 83.7. The number of rotatable bonds is 68. The summed E-state index contributed by atoms with van der Waals surface area (Å²) < 4.78 is 85.2. The Balaban J connectivity index is 1.11. The predicted molar refractivity (Wildman–Crippen MR) is 580 cm³/mol. The molecular weight excluding hydrogens is 1800 g/mol. The average molecular weight is 1950 g/mol. The van der Waals surface area contributed by atoms with Crippen molar-refractivity contribution >= 4 is 164 Å². The maximum absolute atomic E-state index is 15.3. The highest BCUT2D eigenvalue weighted by Crippen LogP contribution is 2.56. The van der Waals surface area contributed by atoms with Gasteiger partial charge in [0.05, 0.1) is 67.6 Å². The Labute approximate surface area is 837 Å². The van der Waals surface area contributed by atoms with Crippen molar-refractivity contribution in [3.8, 4) is 12.1 Å². The molecule has 0 fully saturated rings. The number of carbonyl (C=O) groups excluding carboxylic acids is 2. The minimum absolute atomic E-state index is 0.0111. The lowest BCUT2D eigenvalue weighted by Gasteiger charge is -2.22. The van der Waals surface area contributed by atoms with Crippen molar-refractivity contribution in [3.05, 3.63) is 160 Å². The molecule has 0 amide bonds. The summed E-state index contributed by atoms with van der Waals surface area (Å²) >= 11 is 8.78. The second-order valence-corrected chi connectivity index (χ2v) is 44.5. The fraction of sp³-hybridized carbons (Fsp3) is 0.593. The molecule has 2 unspecified atom stereocenters. The van der Waals surface area contributed by atoms with E-state index < -0.39 is 34.8 Å². The van der Waals surface area contributed by atoms with Crippen LogP contribution in [0.4, 0.5) is 17.6 Å². The lowest BCUT2D eigenvalue weighted by molar-refractivity contribution is 0.103. The number of allylic oxidation sites excluding steroid dienone is 9. The lowest BCUT2D eigenvalue weighted by atomic mass is 9.93. The van der Waals surface area contributed by atoms with Crippen LogP contribution in [0.15, 0.2) is 71.1 Å². The van der Waals surface area contributed by atoms with Gasteiger partial charge in [-0.1, -0.05) is 400 Å². The first kappa shape index (κ1) is 108. The van der Waals surface area contributed by atoms with Gasteiger partial charge in [-0.2, -0.15) is 29.0 Å². The molecule has 0 spiro atoms. The van der Waals surface area contributed by atoms with Crippen molar-refractivity contribution in [1.82, 2.24) is 17.9 Å². The largest absolute Gasteiger partial charge is 0.528 e. The number of carbonyl (C=O) groups is 2. The molecule has 12 rings (SSSR count). The molecular formula is C118H154F4N8O2S5. The maximum Gasteiger partial charge on any atom is 0.528 e. The summed E-state index contributed by atoms with van der Waals surface area (Å²) in [6, 6.07) is 7.61. The summed E-state index contributed by atoms with van der Waals surface area (Å²) in [5.41, 5.74) is 9.12. The fourth-order valence-electron chi connectivity index (χ4n) is 21.7. The molecule has 10 nitrogen and oxygen atoms in total. The number of nitrogens with zero attached hydrogens (tertiary/aromatic N) is 8. The van der Waals surface area contributed by atoms with Gasteiger partial charge in [-0.05, 0) is 122 Å². The highest BCUT2D eigenvalue weighted by molar-refractivity contribution is 7.34. The van der Waals surface area contributed by atoms with Gasteiger partial charge in [0.2, 0.25) is 0 Å². The van der Waals surface area contributed by atoms with E-state index in [0.717, 1.165) is 135 Å². The van der Waals surface area contributed by atoms with Gasteiger partial charge in [-0.15, -0.1) is 45.3 Å². The van der Waals surface area contributed by atoms with E-state index in [1.807, 2.05) is 69.6 Å². The van der Waals surface area contributed by atoms with Crippen molar-refractivity contribution < 1.29 is 27.2 Å². The Bertz CT molecular complexity index is 5620. The molecule has 10 aromatic rings. The number of fused-ring (bicyclic) bond motifs is 16. The smallest absolute Gasteiger partial charge is 0.337 e. The van der Waals surface area contributed by atoms with Crippen LogP contribution in [-0.4, -0.2) is 29.4 Å². The molecule has 0 aliphatic heterocycles. The van der Waals surface area contributed by atoms with E-state index in [1.165, 1.54) is 392 Å². The summed E-state index contributed by atoms with van der Waals surface area (Å²) in [6.07, 6.45) is 84.0. The Kier molecular flexibility index (Phi) is 45.4. The number of nitriles is 2. The first-order chi connectivity index (χ1) is 67.2. The van der Waals surface area contributed by atoms with E-state index in [9.17, 15) is 20.1 Å². The molecule has 7 heterocycles. The van der Waals surface area contributed by atoms with Crippen LogP contribution in [0.25, 0.3) is 105 Å². The highest BCUT2D eigenvalue weighted by atomic mass is 32.1. The number of aromatic nitrogens is 4. The third-order valence-corrected chi connectivity index (χ3v) is 35.1. The Hall–Kier alpha value is -8.14. The average Bonchev–Trinajstić information content (AvgIpc) is 1.50.